The number of amides is 1. The molecule has 0 atom stereocenters. The summed E-state index contributed by atoms with van der Waals surface area (Å²) in [5.41, 5.74) is 0.987. The van der Waals surface area contributed by atoms with E-state index in [1.54, 1.807) is 0 Å². The van der Waals surface area contributed by atoms with Crippen LogP contribution in [-0.4, -0.2) is 43.7 Å². The number of rotatable bonds is 7. The highest BCUT2D eigenvalue weighted by Gasteiger charge is 2.17. The van der Waals surface area contributed by atoms with Gasteiger partial charge in [0, 0.05) is 19.6 Å². The fourth-order valence-electron chi connectivity index (χ4n) is 2.91. The van der Waals surface area contributed by atoms with Crippen molar-refractivity contribution >= 4 is 5.91 Å². The fraction of sp³-hybridized carbons (Fsp3) is 0.381. The van der Waals surface area contributed by atoms with E-state index >= 15 is 0 Å². The van der Waals surface area contributed by atoms with Crippen molar-refractivity contribution < 1.29 is 18.7 Å². The number of nitrogens with one attached hydrogen (secondary N) is 1. The van der Waals surface area contributed by atoms with E-state index in [0.29, 0.717) is 12.3 Å². The minimum absolute atomic E-state index is 0.108. The fourth-order valence-corrected chi connectivity index (χ4v) is 2.91. The van der Waals surface area contributed by atoms with E-state index in [4.69, 9.17) is 9.47 Å². The van der Waals surface area contributed by atoms with Gasteiger partial charge >= 0.3 is 0 Å². The topological polar surface area (TPSA) is 50.8 Å². The number of carbonyl (C=O) groups excluding carboxylic acids is 1. The predicted molar refractivity (Wildman–Crippen MR) is 101 cm³/mol. The molecule has 2 aromatic rings. The van der Waals surface area contributed by atoms with E-state index in [9.17, 15) is 9.18 Å². The number of likely N-dealkylation sites (tertiary alicyclic amines) is 1. The van der Waals surface area contributed by atoms with Crippen LogP contribution in [0.3, 0.4) is 0 Å². The first-order valence-electron chi connectivity index (χ1n) is 9.18. The molecule has 0 aromatic heterocycles. The zero-order chi connectivity index (χ0) is 19.1. The van der Waals surface area contributed by atoms with Crippen molar-refractivity contribution in [3.05, 3.63) is 59.9 Å². The maximum atomic E-state index is 12.8. The van der Waals surface area contributed by atoms with Gasteiger partial charge in [-0.1, -0.05) is 12.1 Å². The molecule has 1 amide bonds. The van der Waals surface area contributed by atoms with Gasteiger partial charge in [0.25, 0.3) is 5.91 Å². The summed E-state index contributed by atoms with van der Waals surface area (Å²) in [6.07, 6.45) is 2.36. The third kappa shape index (κ3) is 6.25. The molecule has 0 aliphatic carbocycles. The molecule has 0 bridgehead atoms. The van der Waals surface area contributed by atoms with Crippen molar-refractivity contribution in [1.82, 2.24) is 10.2 Å². The summed E-state index contributed by atoms with van der Waals surface area (Å²) in [7, 11) is 2.13. The molecule has 1 saturated heterocycles. The van der Waals surface area contributed by atoms with E-state index < -0.39 is 0 Å². The van der Waals surface area contributed by atoms with Crippen LogP contribution in [0.25, 0.3) is 0 Å². The molecule has 0 spiro atoms. The minimum Gasteiger partial charge on any atom is -0.490 e. The first kappa shape index (κ1) is 19.2. The number of hydrogen-bond acceptors (Lipinski definition) is 4. The molecule has 6 heteroatoms. The highest BCUT2D eigenvalue weighted by molar-refractivity contribution is 5.77. The molecule has 1 aliphatic rings. The third-order valence-electron chi connectivity index (χ3n) is 4.56. The zero-order valence-corrected chi connectivity index (χ0v) is 15.5. The van der Waals surface area contributed by atoms with Crippen LogP contribution in [-0.2, 0) is 11.3 Å². The Morgan fingerprint density at radius 1 is 1.07 bits per heavy atom. The maximum absolute atomic E-state index is 12.8. The van der Waals surface area contributed by atoms with Gasteiger partial charge in [0.2, 0.25) is 0 Å². The van der Waals surface area contributed by atoms with Crippen molar-refractivity contribution in [2.24, 2.45) is 0 Å². The molecular formula is C21H25FN2O3. The van der Waals surface area contributed by atoms with Crippen LogP contribution < -0.4 is 14.8 Å². The van der Waals surface area contributed by atoms with Crippen molar-refractivity contribution in [1.29, 1.82) is 0 Å². The van der Waals surface area contributed by atoms with Gasteiger partial charge in [0.15, 0.2) is 6.61 Å². The van der Waals surface area contributed by atoms with Crippen molar-refractivity contribution in [2.75, 3.05) is 26.7 Å². The number of nitrogens with zero attached hydrogens (tertiary/aromatic N) is 1. The number of ether oxygens (including phenoxy) is 2. The average molecular weight is 372 g/mol. The lowest BCUT2D eigenvalue weighted by molar-refractivity contribution is -0.123. The highest BCUT2D eigenvalue weighted by Crippen LogP contribution is 2.19. The smallest absolute Gasteiger partial charge is 0.258 e. The lowest BCUT2D eigenvalue weighted by Gasteiger charge is -2.29. The summed E-state index contributed by atoms with van der Waals surface area (Å²) in [6, 6.07) is 13.3. The zero-order valence-electron chi connectivity index (χ0n) is 15.5. The molecule has 144 valence electrons. The van der Waals surface area contributed by atoms with Crippen LogP contribution >= 0.6 is 0 Å². The number of piperidine rings is 1. The summed E-state index contributed by atoms with van der Waals surface area (Å²) in [5.74, 6) is 0.752. The number of carbonyl (C=O) groups is 1. The van der Waals surface area contributed by atoms with Crippen molar-refractivity contribution in [2.45, 2.75) is 25.5 Å². The molecule has 27 heavy (non-hydrogen) atoms. The standard InChI is InChI=1S/C21H25FN2O3/c1-24-12-10-20(11-13-24)27-19-6-2-16(3-7-19)14-23-21(25)15-26-18-8-4-17(22)5-9-18/h2-9,20H,10-15H2,1H3,(H,23,25). The van der Waals surface area contributed by atoms with Crippen LogP contribution in [0.2, 0.25) is 0 Å². The van der Waals surface area contributed by atoms with Gasteiger partial charge in [-0.15, -0.1) is 0 Å². The SMILES string of the molecule is CN1CCC(Oc2ccc(CNC(=O)COc3ccc(F)cc3)cc2)CC1. The van der Waals surface area contributed by atoms with Crippen LogP contribution in [0, 0.1) is 5.82 Å². The molecule has 1 N–H and O–H groups in total. The summed E-state index contributed by atoms with van der Waals surface area (Å²) in [6.45, 7) is 2.44. The van der Waals surface area contributed by atoms with Gasteiger partial charge in [-0.05, 0) is 61.9 Å². The Balaban J connectivity index is 1.39. The monoisotopic (exact) mass is 372 g/mol. The van der Waals surface area contributed by atoms with Gasteiger partial charge in [-0.25, -0.2) is 4.39 Å². The molecule has 0 saturated carbocycles. The van der Waals surface area contributed by atoms with E-state index in [-0.39, 0.29) is 24.4 Å². The second-order valence-electron chi connectivity index (χ2n) is 6.78. The first-order chi connectivity index (χ1) is 13.1. The summed E-state index contributed by atoms with van der Waals surface area (Å²) < 4.78 is 24.2. The Morgan fingerprint density at radius 3 is 2.37 bits per heavy atom. The van der Waals surface area contributed by atoms with Gasteiger partial charge in [0.05, 0.1) is 0 Å². The lowest BCUT2D eigenvalue weighted by atomic mass is 10.1. The molecule has 3 rings (SSSR count). The van der Waals surface area contributed by atoms with E-state index in [2.05, 4.69) is 17.3 Å². The van der Waals surface area contributed by atoms with E-state index in [0.717, 1.165) is 37.2 Å². The first-order valence-corrected chi connectivity index (χ1v) is 9.18. The molecule has 5 nitrogen and oxygen atoms in total. The Morgan fingerprint density at radius 2 is 1.70 bits per heavy atom. The number of benzene rings is 2. The molecule has 0 unspecified atom stereocenters. The molecule has 1 fully saturated rings. The van der Waals surface area contributed by atoms with Crippen molar-refractivity contribution in [3.63, 3.8) is 0 Å². The van der Waals surface area contributed by atoms with Crippen LogP contribution in [0.5, 0.6) is 11.5 Å². The molecule has 2 aromatic carbocycles. The van der Waals surface area contributed by atoms with Gasteiger partial charge in [-0.2, -0.15) is 0 Å². The van der Waals surface area contributed by atoms with Gasteiger partial charge < -0.3 is 19.7 Å². The van der Waals surface area contributed by atoms with E-state index in [1.165, 1.54) is 24.3 Å². The summed E-state index contributed by atoms with van der Waals surface area (Å²) >= 11 is 0. The van der Waals surface area contributed by atoms with E-state index in [1.807, 2.05) is 24.3 Å². The quantitative estimate of drug-likeness (QED) is 0.812. The second-order valence-corrected chi connectivity index (χ2v) is 6.78. The molecule has 0 radical (unpaired) electrons. The Kier molecular flexibility index (Phi) is 6.65. The van der Waals surface area contributed by atoms with Crippen LogP contribution in [0.1, 0.15) is 18.4 Å². The lowest BCUT2D eigenvalue weighted by Crippen LogP contribution is -2.35. The normalized spacial score (nSPS) is 15.3. The molecular weight excluding hydrogens is 347 g/mol. The Labute approximate surface area is 159 Å². The largest absolute Gasteiger partial charge is 0.490 e. The van der Waals surface area contributed by atoms with Crippen molar-refractivity contribution in [3.8, 4) is 11.5 Å². The van der Waals surface area contributed by atoms with Gasteiger partial charge in [-0.3, -0.25) is 4.79 Å². The Bertz CT molecular complexity index is 726. The molecule has 1 aliphatic heterocycles. The third-order valence-corrected chi connectivity index (χ3v) is 4.56. The minimum atomic E-state index is -0.338. The van der Waals surface area contributed by atoms with Crippen LogP contribution in [0.4, 0.5) is 4.39 Å². The average Bonchev–Trinajstić information content (AvgIpc) is 2.69. The number of hydrogen-bond donors (Lipinski definition) is 1. The molecule has 1 heterocycles. The van der Waals surface area contributed by atoms with Gasteiger partial charge in [0.1, 0.15) is 23.4 Å². The highest BCUT2D eigenvalue weighted by atomic mass is 19.1. The summed E-state index contributed by atoms with van der Waals surface area (Å²) in [4.78, 5) is 14.2. The summed E-state index contributed by atoms with van der Waals surface area (Å²) in [5, 5.41) is 2.80. The maximum Gasteiger partial charge on any atom is 0.258 e. The second kappa shape index (κ2) is 9.37. The number of halogens is 1. The Hall–Kier alpha value is -2.60. The van der Waals surface area contributed by atoms with Crippen LogP contribution in [0.15, 0.2) is 48.5 Å². The predicted octanol–water partition coefficient (Wildman–Crippen LogP) is 2.99.